The third-order valence-corrected chi connectivity index (χ3v) is 3.38. The van der Waals surface area contributed by atoms with Gasteiger partial charge in [-0.1, -0.05) is 11.6 Å². The van der Waals surface area contributed by atoms with Gasteiger partial charge in [0.15, 0.2) is 0 Å². The molecule has 3 nitrogen and oxygen atoms in total. The van der Waals surface area contributed by atoms with Crippen molar-refractivity contribution in [1.29, 1.82) is 0 Å². The zero-order valence-electron chi connectivity index (χ0n) is 8.96. The summed E-state index contributed by atoms with van der Waals surface area (Å²) < 4.78 is 50.4. The number of hydrogen-bond donors (Lipinski definition) is 1. The lowest BCUT2D eigenvalue weighted by atomic mass is 10.2. The Morgan fingerprint density at radius 3 is 2.74 bits per heavy atom. The molecule has 102 valence electrons. The smallest absolute Gasteiger partial charge is 0.317 e. The minimum Gasteiger partial charge on any atom is -0.317 e. The van der Waals surface area contributed by atoms with Crippen LogP contribution in [-0.4, -0.2) is 23.2 Å². The molecule has 0 aliphatic heterocycles. The highest BCUT2D eigenvalue weighted by Crippen LogP contribution is 2.34. The molecule has 0 atom stereocenters. The molecule has 1 aromatic heterocycles. The number of alkyl halides is 4. The number of hydrogen-bond acceptors (Lipinski definition) is 3. The van der Waals surface area contributed by atoms with E-state index in [-0.39, 0.29) is 16.2 Å². The molecule has 1 N–H and O–H groups in total. The van der Waals surface area contributed by atoms with Gasteiger partial charge in [0.2, 0.25) is 0 Å². The van der Waals surface area contributed by atoms with E-state index in [9.17, 15) is 22.4 Å². The summed E-state index contributed by atoms with van der Waals surface area (Å²) in [5, 5.41) is 1.65. The van der Waals surface area contributed by atoms with Crippen molar-refractivity contribution < 1.29 is 22.4 Å². The Hall–Kier alpha value is -1.41. The van der Waals surface area contributed by atoms with Crippen LogP contribution in [0.3, 0.4) is 0 Å². The number of benzene rings is 1. The van der Waals surface area contributed by atoms with Gasteiger partial charge >= 0.3 is 18.3 Å². The van der Waals surface area contributed by atoms with Gasteiger partial charge in [0, 0.05) is 0 Å². The molecule has 0 radical (unpaired) electrons. The molecule has 2 aromatic rings. The highest BCUT2D eigenvalue weighted by molar-refractivity contribution is 7.16. The number of fused-ring (bicyclic) bond motifs is 1. The van der Waals surface area contributed by atoms with Crippen molar-refractivity contribution in [3.8, 4) is 0 Å². The molecule has 9 heteroatoms. The van der Waals surface area contributed by atoms with Gasteiger partial charge in [-0.2, -0.15) is 8.78 Å². The second-order valence-corrected chi connectivity index (χ2v) is 4.79. The van der Waals surface area contributed by atoms with Crippen molar-refractivity contribution in [2.45, 2.75) is 12.3 Å². The maximum atomic E-state index is 12.9. The van der Waals surface area contributed by atoms with Gasteiger partial charge in [-0.25, -0.2) is 13.8 Å². The van der Waals surface area contributed by atoms with Crippen molar-refractivity contribution in [2.24, 2.45) is 0 Å². The Kier molecular flexibility index (Phi) is 3.64. The Labute approximate surface area is 113 Å². The number of carbonyl (C=O) groups excluding carboxylic acids is 1. The second kappa shape index (κ2) is 4.93. The average molecular weight is 313 g/mol. The molecule has 1 aromatic carbocycles. The zero-order chi connectivity index (χ0) is 14.2. The van der Waals surface area contributed by atoms with E-state index in [2.05, 4.69) is 4.98 Å². The number of nitrogens with one attached hydrogen (secondary N) is 1. The first-order valence-electron chi connectivity index (χ1n) is 4.83. The van der Waals surface area contributed by atoms with Crippen LogP contribution in [-0.2, 0) is 4.79 Å². The summed E-state index contributed by atoms with van der Waals surface area (Å²) in [6, 6.07) is 2.94. The van der Waals surface area contributed by atoms with Gasteiger partial charge in [0.1, 0.15) is 5.52 Å². The third kappa shape index (κ3) is 2.50. The molecular formula is C10H5ClF4N2OS. The molecule has 0 saturated carbocycles. The van der Waals surface area contributed by atoms with Crippen molar-refractivity contribution in [3.63, 3.8) is 0 Å². The van der Waals surface area contributed by atoms with E-state index in [1.54, 1.807) is 11.4 Å². The lowest BCUT2D eigenvalue weighted by molar-refractivity contribution is -0.163. The number of nitrogens with zero attached hydrogens (tertiary/aromatic N) is 1. The summed E-state index contributed by atoms with van der Waals surface area (Å²) in [5.74, 6) is -6.91. The average Bonchev–Trinajstić information content (AvgIpc) is 2.80. The van der Waals surface area contributed by atoms with Crippen molar-refractivity contribution >= 4 is 44.7 Å². The van der Waals surface area contributed by atoms with Crippen LogP contribution in [0.1, 0.15) is 0 Å². The molecular weight excluding hydrogens is 308 g/mol. The summed E-state index contributed by atoms with van der Waals surface area (Å²) >= 11 is 6.95. The van der Waals surface area contributed by atoms with E-state index in [0.717, 1.165) is 0 Å². The summed E-state index contributed by atoms with van der Waals surface area (Å²) in [5.41, 5.74) is 1.39. The molecule has 1 heterocycles. The van der Waals surface area contributed by atoms with Gasteiger partial charge in [0.25, 0.3) is 0 Å². The molecule has 0 spiro atoms. The van der Waals surface area contributed by atoms with Crippen LogP contribution in [0.15, 0.2) is 17.6 Å². The van der Waals surface area contributed by atoms with E-state index < -0.39 is 18.3 Å². The number of aromatic nitrogens is 1. The molecule has 0 fully saturated rings. The van der Waals surface area contributed by atoms with Crippen LogP contribution in [0.2, 0.25) is 5.02 Å². The fraction of sp³-hybridized carbons (Fsp3) is 0.200. The fourth-order valence-corrected chi connectivity index (χ4v) is 2.21. The summed E-state index contributed by atoms with van der Waals surface area (Å²) in [4.78, 5) is 15.0. The van der Waals surface area contributed by atoms with E-state index in [4.69, 9.17) is 11.6 Å². The maximum absolute atomic E-state index is 12.9. The zero-order valence-corrected chi connectivity index (χ0v) is 10.5. The van der Waals surface area contributed by atoms with E-state index >= 15 is 0 Å². The minimum atomic E-state index is -4.79. The SMILES string of the molecule is O=C(Nc1c(Cl)ccc2scnc12)C(F)(F)C(F)F. The molecule has 0 aliphatic rings. The second-order valence-electron chi connectivity index (χ2n) is 3.50. The molecule has 0 unspecified atom stereocenters. The van der Waals surface area contributed by atoms with Crippen molar-refractivity contribution in [1.82, 2.24) is 4.98 Å². The lowest BCUT2D eigenvalue weighted by Crippen LogP contribution is -2.41. The summed E-state index contributed by atoms with van der Waals surface area (Å²) in [7, 11) is 0. The largest absolute Gasteiger partial charge is 0.383 e. The Morgan fingerprint density at radius 2 is 2.11 bits per heavy atom. The van der Waals surface area contributed by atoms with E-state index in [0.29, 0.717) is 4.70 Å². The van der Waals surface area contributed by atoms with Crippen LogP contribution in [0, 0.1) is 0 Å². The first kappa shape index (κ1) is 14.0. The van der Waals surface area contributed by atoms with Crippen LogP contribution in [0.4, 0.5) is 23.2 Å². The van der Waals surface area contributed by atoms with Crippen molar-refractivity contribution in [2.75, 3.05) is 5.32 Å². The highest BCUT2D eigenvalue weighted by Gasteiger charge is 2.49. The predicted octanol–water partition coefficient (Wildman–Crippen LogP) is 3.79. The van der Waals surface area contributed by atoms with Gasteiger partial charge in [0.05, 0.1) is 20.9 Å². The Morgan fingerprint density at radius 1 is 1.42 bits per heavy atom. The molecule has 0 saturated heterocycles. The maximum Gasteiger partial charge on any atom is 0.383 e. The van der Waals surface area contributed by atoms with Gasteiger partial charge < -0.3 is 5.32 Å². The molecule has 0 aliphatic carbocycles. The topological polar surface area (TPSA) is 42.0 Å². The van der Waals surface area contributed by atoms with E-state index in [1.165, 1.54) is 22.9 Å². The number of thiazole rings is 1. The molecule has 2 rings (SSSR count). The quantitative estimate of drug-likeness (QED) is 0.876. The summed E-state index contributed by atoms with van der Waals surface area (Å²) in [6.45, 7) is 0. The minimum absolute atomic E-state index is 0.0585. The van der Waals surface area contributed by atoms with Gasteiger partial charge in [-0.15, -0.1) is 11.3 Å². The van der Waals surface area contributed by atoms with Crippen LogP contribution in [0.5, 0.6) is 0 Å². The third-order valence-electron chi connectivity index (χ3n) is 2.27. The lowest BCUT2D eigenvalue weighted by Gasteiger charge is -2.15. The fourth-order valence-electron chi connectivity index (χ4n) is 1.32. The van der Waals surface area contributed by atoms with E-state index in [1.807, 2.05) is 0 Å². The number of halogens is 5. The first-order chi connectivity index (χ1) is 8.84. The number of anilines is 1. The molecule has 1 amide bonds. The first-order valence-corrected chi connectivity index (χ1v) is 6.09. The number of carbonyl (C=O) groups is 1. The van der Waals surface area contributed by atoms with Gasteiger partial charge in [-0.3, -0.25) is 4.79 Å². The monoisotopic (exact) mass is 312 g/mol. The standard InChI is InChI=1S/C10H5ClF4N2OS/c11-4-1-2-5-7(16-3-19-5)6(4)17-9(18)10(14,15)8(12)13/h1-3,8H,(H,17,18). The molecule has 0 bridgehead atoms. The normalized spacial score (nSPS) is 12.1. The molecule has 19 heavy (non-hydrogen) atoms. The van der Waals surface area contributed by atoms with Crippen molar-refractivity contribution in [3.05, 3.63) is 22.7 Å². The predicted molar refractivity (Wildman–Crippen MR) is 64.2 cm³/mol. The van der Waals surface area contributed by atoms with Crippen LogP contribution >= 0.6 is 22.9 Å². The van der Waals surface area contributed by atoms with Crippen LogP contribution < -0.4 is 5.32 Å². The summed E-state index contributed by atoms with van der Waals surface area (Å²) in [6.07, 6.45) is -4.10. The number of amides is 1. The van der Waals surface area contributed by atoms with Gasteiger partial charge in [-0.05, 0) is 12.1 Å². The highest BCUT2D eigenvalue weighted by atomic mass is 35.5. The Balaban J connectivity index is 2.39. The number of rotatable bonds is 3. The van der Waals surface area contributed by atoms with Crippen LogP contribution in [0.25, 0.3) is 10.2 Å². The Bertz CT molecular complexity index is 631.